The monoisotopic (exact) mass is 322 g/mol. The molecule has 1 aliphatic carbocycles. The standard InChI is InChI=1S/C15H15ClN2O4/c1-9-14(18(20)21)15(22-17-9)7-10(6-11(19)8-15)12-4-2-3-5-13(12)16/h2-5,10,14H,6-8H2,1H3/t10-,14+,15-/m1/s1. The van der Waals surface area contributed by atoms with Gasteiger partial charge < -0.3 is 4.84 Å². The van der Waals surface area contributed by atoms with E-state index in [0.29, 0.717) is 23.6 Å². The van der Waals surface area contributed by atoms with E-state index in [1.165, 1.54) is 0 Å². The molecule has 1 aromatic rings. The predicted molar refractivity (Wildman–Crippen MR) is 80.8 cm³/mol. The van der Waals surface area contributed by atoms with Gasteiger partial charge in [0.25, 0.3) is 6.04 Å². The van der Waals surface area contributed by atoms with Crippen LogP contribution in [0.3, 0.4) is 0 Å². The topological polar surface area (TPSA) is 81.8 Å². The Morgan fingerprint density at radius 1 is 1.45 bits per heavy atom. The van der Waals surface area contributed by atoms with E-state index < -0.39 is 16.6 Å². The summed E-state index contributed by atoms with van der Waals surface area (Å²) in [7, 11) is 0. The summed E-state index contributed by atoms with van der Waals surface area (Å²) in [6.07, 6.45) is 0.688. The van der Waals surface area contributed by atoms with Crippen LogP contribution in [-0.2, 0) is 9.63 Å². The molecule has 3 atom stereocenters. The molecule has 0 unspecified atom stereocenters. The minimum atomic E-state index is -1.19. The van der Waals surface area contributed by atoms with Crippen LogP contribution in [0.15, 0.2) is 29.4 Å². The molecule has 0 radical (unpaired) electrons. The molecule has 0 N–H and O–H groups in total. The molecule has 1 aliphatic heterocycles. The maximum atomic E-state index is 12.2. The Balaban J connectivity index is 1.97. The first-order chi connectivity index (χ1) is 10.4. The summed E-state index contributed by atoms with van der Waals surface area (Å²) >= 11 is 6.21. The highest BCUT2D eigenvalue weighted by molar-refractivity contribution is 6.31. The molecule has 1 saturated carbocycles. The van der Waals surface area contributed by atoms with Crippen molar-refractivity contribution in [1.82, 2.24) is 0 Å². The maximum absolute atomic E-state index is 12.2. The number of Topliss-reactive ketones (excluding diaryl/α,β-unsaturated/α-hetero) is 1. The molecule has 0 saturated heterocycles. The van der Waals surface area contributed by atoms with Crippen molar-refractivity contribution in [3.63, 3.8) is 0 Å². The molecule has 0 aromatic heterocycles. The van der Waals surface area contributed by atoms with Gasteiger partial charge >= 0.3 is 0 Å². The van der Waals surface area contributed by atoms with Crippen molar-refractivity contribution in [2.24, 2.45) is 5.16 Å². The third kappa shape index (κ3) is 2.37. The molecule has 6 nitrogen and oxygen atoms in total. The van der Waals surface area contributed by atoms with Crippen molar-refractivity contribution >= 4 is 23.1 Å². The number of halogens is 1. The number of oxime groups is 1. The lowest BCUT2D eigenvalue weighted by Crippen LogP contribution is -2.52. The molecular formula is C15H15ClN2O4. The summed E-state index contributed by atoms with van der Waals surface area (Å²) in [5, 5.41) is 15.8. The second kappa shape index (κ2) is 5.35. The van der Waals surface area contributed by atoms with Crippen molar-refractivity contribution in [1.29, 1.82) is 0 Å². The van der Waals surface area contributed by atoms with Crippen molar-refractivity contribution in [3.05, 3.63) is 45.0 Å². The Kier molecular flexibility index (Phi) is 3.64. The lowest BCUT2D eigenvalue weighted by Gasteiger charge is -2.35. The fourth-order valence-electron chi connectivity index (χ4n) is 3.53. The van der Waals surface area contributed by atoms with Gasteiger partial charge in [0.1, 0.15) is 11.5 Å². The first kappa shape index (κ1) is 15.0. The second-order valence-electron chi connectivity index (χ2n) is 5.92. The van der Waals surface area contributed by atoms with Gasteiger partial charge in [0.15, 0.2) is 0 Å². The zero-order valence-electron chi connectivity index (χ0n) is 12.0. The number of ketones is 1. The number of rotatable bonds is 2. The molecule has 7 heteroatoms. The summed E-state index contributed by atoms with van der Waals surface area (Å²) < 4.78 is 0. The highest BCUT2D eigenvalue weighted by Gasteiger charge is 2.59. The van der Waals surface area contributed by atoms with Gasteiger partial charge in [0.05, 0.1) is 6.42 Å². The van der Waals surface area contributed by atoms with Gasteiger partial charge in [0.2, 0.25) is 5.60 Å². The van der Waals surface area contributed by atoms with E-state index in [2.05, 4.69) is 5.16 Å². The molecular weight excluding hydrogens is 308 g/mol. The molecule has 0 amide bonds. The lowest BCUT2D eigenvalue weighted by atomic mass is 9.71. The fourth-order valence-corrected chi connectivity index (χ4v) is 3.82. The van der Waals surface area contributed by atoms with Crippen LogP contribution in [0.5, 0.6) is 0 Å². The van der Waals surface area contributed by atoms with Crippen LogP contribution >= 0.6 is 11.6 Å². The molecule has 116 valence electrons. The van der Waals surface area contributed by atoms with Gasteiger partial charge in [-0.1, -0.05) is 35.0 Å². The molecule has 3 rings (SSSR count). The average Bonchev–Trinajstić information content (AvgIpc) is 2.74. The summed E-state index contributed by atoms with van der Waals surface area (Å²) in [5.74, 6) is -0.258. The van der Waals surface area contributed by atoms with Crippen LogP contribution < -0.4 is 0 Å². The predicted octanol–water partition coefficient (Wildman–Crippen LogP) is 2.97. The van der Waals surface area contributed by atoms with Crippen molar-refractivity contribution in [2.45, 2.75) is 43.7 Å². The fraction of sp³-hybridized carbons (Fsp3) is 0.467. The van der Waals surface area contributed by atoms with E-state index in [1.807, 2.05) is 18.2 Å². The van der Waals surface area contributed by atoms with Crippen LogP contribution in [0.1, 0.15) is 37.7 Å². The number of nitro groups is 1. The van der Waals surface area contributed by atoms with Gasteiger partial charge in [-0.25, -0.2) is 0 Å². The van der Waals surface area contributed by atoms with Crippen LogP contribution in [0.4, 0.5) is 0 Å². The van der Waals surface area contributed by atoms with E-state index in [4.69, 9.17) is 16.4 Å². The van der Waals surface area contributed by atoms with Crippen molar-refractivity contribution in [3.8, 4) is 0 Å². The quantitative estimate of drug-likeness (QED) is 0.619. The molecule has 22 heavy (non-hydrogen) atoms. The minimum Gasteiger partial charge on any atom is -0.381 e. The van der Waals surface area contributed by atoms with E-state index in [9.17, 15) is 14.9 Å². The van der Waals surface area contributed by atoms with E-state index in [0.717, 1.165) is 5.56 Å². The zero-order chi connectivity index (χ0) is 15.9. The highest BCUT2D eigenvalue weighted by Crippen LogP contribution is 2.45. The normalized spacial score (nSPS) is 31.0. The summed E-state index contributed by atoms with van der Waals surface area (Å²) in [5.41, 5.74) is -0.0586. The van der Waals surface area contributed by atoms with Crippen molar-refractivity contribution in [2.75, 3.05) is 0 Å². The molecule has 1 heterocycles. The number of hydrogen-bond donors (Lipinski definition) is 0. The Morgan fingerprint density at radius 3 is 2.86 bits per heavy atom. The third-order valence-electron chi connectivity index (χ3n) is 4.38. The summed E-state index contributed by atoms with van der Waals surface area (Å²) in [6.45, 7) is 1.56. The summed E-state index contributed by atoms with van der Waals surface area (Å²) in [4.78, 5) is 28.6. The van der Waals surface area contributed by atoms with Crippen LogP contribution in [0.25, 0.3) is 0 Å². The van der Waals surface area contributed by atoms with Crippen LogP contribution in [0.2, 0.25) is 5.02 Å². The van der Waals surface area contributed by atoms with E-state index >= 15 is 0 Å². The number of nitrogens with zero attached hydrogens (tertiary/aromatic N) is 2. The second-order valence-corrected chi connectivity index (χ2v) is 6.33. The van der Waals surface area contributed by atoms with E-state index in [-0.39, 0.29) is 18.1 Å². The third-order valence-corrected chi connectivity index (χ3v) is 4.73. The number of carbonyl (C=O) groups excluding carboxylic acids is 1. The zero-order valence-corrected chi connectivity index (χ0v) is 12.7. The largest absolute Gasteiger partial charge is 0.381 e. The molecule has 1 fully saturated rings. The van der Waals surface area contributed by atoms with Gasteiger partial charge in [-0.05, 0) is 24.5 Å². The Labute approximate surface area is 132 Å². The Morgan fingerprint density at radius 2 is 2.18 bits per heavy atom. The van der Waals surface area contributed by atoms with Crippen molar-refractivity contribution < 1.29 is 14.6 Å². The average molecular weight is 323 g/mol. The lowest BCUT2D eigenvalue weighted by molar-refractivity contribution is -0.523. The number of hydrogen-bond acceptors (Lipinski definition) is 5. The van der Waals surface area contributed by atoms with Crippen LogP contribution in [-0.4, -0.2) is 28.1 Å². The Hall–Kier alpha value is -1.95. The highest BCUT2D eigenvalue weighted by atomic mass is 35.5. The number of benzene rings is 1. The van der Waals surface area contributed by atoms with Gasteiger partial charge in [-0.3, -0.25) is 14.9 Å². The molecule has 1 spiro atoms. The minimum absolute atomic E-state index is 0.0143. The Bertz CT molecular complexity index is 675. The van der Waals surface area contributed by atoms with Gasteiger partial charge in [-0.15, -0.1) is 0 Å². The molecule has 2 aliphatic rings. The van der Waals surface area contributed by atoms with Crippen LogP contribution in [0, 0.1) is 10.1 Å². The van der Waals surface area contributed by atoms with Gasteiger partial charge in [-0.2, -0.15) is 0 Å². The smallest absolute Gasteiger partial charge is 0.295 e. The van der Waals surface area contributed by atoms with Gasteiger partial charge in [0, 0.05) is 22.8 Å². The number of carbonyl (C=O) groups is 1. The molecule has 0 bridgehead atoms. The SMILES string of the molecule is CC1=NO[C@]2(CC(=O)C[C@@H](c3ccccc3Cl)C2)[C@H]1[N+](=O)[O-]. The summed E-state index contributed by atoms with van der Waals surface area (Å²) in [6, 6.07) is 6.18. The maximum Gasteiger partial charge on any atom is 0.295 e. The first-order valence-electron chi connectivity index (χ1n) is 7.05. The van der Waals surface area contributed by atoms with E-state index in [1.54, 1.807) is 13.0 Å². The molecule has 1 aromatic carbocycles. The first-order valence-corrected chi connectivity index (χ1v) is 7.43.